The van der Waals surface area contributed by atoms with Crippen LogP contribution < -0.4 is 10.1 Å². The molecule has 1 spiro atoms. The minimum atomic E-state index is -0.0647. The first-order chi connectivity index (χ1) is 17.5. The number of hydrogen-bond acceptors (Lipinski definition) is 6. The quantitative estimate of drug-likeness (QED) is 0.388. The van der Waals surface area contributed by atoms with Crippen molar-refractivity contribution < 1.29 is 9.53 Å². The summed E-state index contributed by atoms with van der Waals surface area (Å²) in [5.74, 6) is 7.46. The monoisotopic (exact) mass is 479 g/mol. The van der Waals surface area contributed by atoms with E-state index in [-0.39, 0.29) is 11.3 Å². The van der Waals surface area contributed by atoms with Gasteiger partial charge in [-0.2, -0.15) is 0 Å². The van der Waals surface area contributed by atoms with Gasteiger partial charge in [0, 0.05) is 30.9 Å². The van der Waals surface area contributed by atoms with Crippen LogP contribution in [0.4, 0.5) is 5.82 Å². The van der Waals surface area contributed by atoms with Crippen molar-refractivity contribution in [1.82, 2.24) is 14.9 Å². The van der Waals surface area contributed by atoms with E-state index in [9.17, 15) is 4.79 Å². The summed E-state index contributed by atoms with van der Waals surface area (Å²) >= 11 is 0. The van der Waals surface area contributed by atoms with Crippen LogP contribution in [0.1, 0.15) is 43.7 Å². The number of ether oxygens (including phenoxy) is 1. The van der Waals surface area contributed by atoms with Gasteiger partial charge in [-0.15, -0.1) is 0 Å². The zero-order valence-corrected chi connectivity index (χ0v) is 20.3. The smallest absolute Gasteiger partial charge is 0.298 e. The maximum atomic E-state index is 12.0. The molecule has 0 atom stereocenters. The van der Waals surface area contributed by atoms with Gasteiger partial charge >= 0.3 is 0 Å². The molecular formula is C29H29N5O2. The number of carbonyl (C=O) groups excluding carboxylic acids is 1. The molecule has 3 aromatic rings. The van der Waals surface area contributed by atoms with Crippen LogP contribution in [-0.4, -0.2) is 45.6 Å². The zero-order valence-electron chi connectivity index (χ0n) is 20.3. The van der Waals surface area contributed by atoms with Crippen LogP contribution in [0.15, 0.2) is 67.1 Å². The Morgan fingerprint density at radius 2 is 1.78 bits per heavy atom. The van der Waals surface area contributed by atoms with Crippen LogP contribution in [0, 0.1) is 22.7 Å². The van der Waals surface area contributed by atoms with E-state index in [0.29, 0.717) is 23.1 Å². The second kappa shape index (κ2) is 10.2. The lowest BCUT2D eigenvalue weighted by atomic mass is 9.60. The lowest BCUT2D eigenvalue weighted by Crippen LogP contribution is -2.52. The number of nitrogens with one attached hydrogen (secondary N) is 2. The molecule has 1 aliphatic carbocycles. The molecule has 1 amide bonds. The minimum Gasteiger partial charge on any atom is -0.457 e. The molecule has 1 aliphatic heterocycles. The van der Waals surface area contributed by atoms with Gasteiger partial charge in [0.2, 0.25) is 0 Å². The molecule has 2 N–H and O–H groups in total. The number of hydrogen-bond donors (Lipinski definition) is 2. The van der Waals surface area contributed by atoms with Crippen LogP contribution in [0.25, 0.3) is 0 Å². The first kappa shape index (κ1) is 23.6. The number of amides is 1. The van der Waals surface area contributed by atoms with Gasteiger partial charge < -0.3 is 15.0 Å². The standard InChI is InChI=1S/C29H29N5O2/c1-2-6-26(35)34-15-13-29(14-16-34)17-22(18-29)33-28-25(19-31-20-32-28)27(30)21-9-11-24(12-10-21)36-23-7-4-3-5-8-23/h3-5,7-12,19-20,22,30H,13-18H2,1H3,(H,31,32,33). The van der Waals surface area contributed by atoms with Crippen LogP contribution in [0.2, 0.25) is 0 Å². The van der Waals surface area contributed by atoms with Crippen molar-refractivity contribution in [3.63, 3.8) is 0 Å². The highest BCUT2D eigenvalue weighted by Crippen LogP contribution is 2.50. The average molecular weight is 480 g/mol. The van der Waals surface area contributed by atoms with Crippen molar-refractivity contribution >= 4 is 17.4 Å². The molecule has 2 heterocycles. The summed E-state index contributed by atoms with van der Waals surface area (Å²) in [6.45, 7) is 3.24. The molecule has 36 heavy (non-hydrogen) atoms. The summed E-state index contributed by atoms with van der Waals surface area (Å²) in [7, 11) is 0. The van der Waals surface area contributed by atoms with Crippen molar-refractivity contribution in [2.75, 3.05) is 18.4 Å². The number of benzene rings is 2. The Balaban J connectivity index is 1.20. The summed E-state index contributed by atoms with van der Waals surface area (Å²) in [6.07, 6.45) is 7.30. The Kier molecular flexibility index (Phi) is 6.68. The van der Waals surface area contributed by atoms with E-state index in [1.54, 1.807) is 13.1 Å². The molecule has 0 radical (unpaired) electrons. The molecule has 2 fully saturated rings. The SMILES string of the molecule is CC#CC(=O)N1CCC2(CC1)CC(Nc1ncncc1C(=N)c1ccc(Oc3ccccc3)cc1)C2. The number of para-hydroxylation sites is 1. The van der Waals surface area contributed by atoms with E-state index in [1.165, 1.54) is 6.33 Å². The summed E-state index contributed by atoms with van der Waals surface area (Å²) in [6, 6.07) is 17.4. The molecule has 1 aromatic heterocycles. The molecule has 1 saturated carbocycles. The Hall–Kier alpha value is -4.18. The van der Waals surface area contributed by atoms with Crippen molar-refractivity contribution in [1.29, 1.82) is 5.41 Å². The van der Waals surface area contributed by atoms with Gasteiger partial charge in [0.05, 0.1) is 11.3 Å². The van der Waals surface area contributed by atoms with Crippen LogP contribution in [-0.2, 0) is 4.79 Å². The van der Waals surface area contributed by atoms with E-state index < -0.39 is 0 Å². The second-order valence-corrected chi connectivity index (χ2v) is 9.52. The zero-order chi connectivity index (χ0) is 25.0. The molecule has 7 heteroatoms. The van der Waals surface area contributed by atoms with Gasteiger partial charge in [-0.05, 0) is 80.3 Å². The summed E-state index contributed by atoms with van der Waals surface area (Å²) < 4.78 is 5.87. The summed E-state index contributed by atoms with van der Waals surface area (Å²) in [5, 5.41) is 12.3. The first-order valence-corrected chi connectivity index (χ1v) is 12.3. The summed E-state index contributed by atoms with van der Waals surface area (Å²) in [4.78, 5) is 22.5. The minimum absolute atomic E-state index is 0.0647. The fraction of sp³-hybridized carbons (Fsp3) is 0.310. The van der Waals surface area contributed by atoms with Crippen molar-refractivity contribution in [3.05, 3.63) is 78.2 Å². The molecule has 5 rings (SSSR count). The maximum Gasteiger partial charge on any atom is 0.298 e. The fourth-order valence-electron chi connectivity index (χ4n) is 5.16. The molecule has 0 unspecified atom stereocenters. The van der Waals surface area contributed by atoms with Gasteiger partial charge in [-0.1, -0.05) is 24.1 Å². The Morgan fingerprint density at radius 1 is 1.08 bits per heavy atom. The third-order valence-electron chi connectivity index (χ3n) is 7.15. The lowest BCUT2D eigenvalue weighted by molar-refractivity contribution is -0.128. The highest BCUT2D eigenvalue weighted by molar-refractivity contribution is 6.13. The predicted octanol–water partition coefficient (Wildman–Crippen LogP) is 4.89. The van der Waals surface area contributed by atoms with Gasteiger partial charge in [-0.3, -0.25) is 10.2 Å². The lowest BCUT2D eigenvalue weighted by Gasteiger charge is -2.52. The normalized spacial score (nSPS) is 16.4. The molecule has 0 bridgehead atoms. The van der Waals surface area contributed by atoms with Gasteiger partial charge in [0.1, 0.15) is 23.6 Å². The highest BCUT2D eigenvalue weighted by atomic mass is 16.5. The van der Waals surface area contributed by atoms with E-state index in [1.807, 2.05) is 59.5 Å². The average Bonchev–Trinajstić information content (AvgIpc) is 2.89. The second-order valence-electron chi connectivity index (χ2n) is 9.52. The number of anilines is 1. The van der Waals surface area contributed by atoms with Crippen molar-refractivity contribution in [2.24, 2.45) is 5.41 Å². The number of nitrogens with zero attached hydrogens (tertiary/aromatic N) is 3. The number of aromatic nitrogens is 2. The van der Waals surface area contributed by atoms with E-state index >= 15 is 0 Å². The third-order valence-corrected chi connectivity index (χ3v) is 7.15. The summed E-state index contributed by atoms with van der Waals surface area (Å²) in [5.41, 5.74) is 2.09. The number of carbonyl (C=O) groups is 1. The van der Waals surface area contributed by atoms with Gasteiger partial charge in [0.25, 0.3) is 5.91 Å². The third kappa shape index (κ3) is 5.08. The Bertz CT molecular complexity index is 1290. The predicted molar refractivity (Wildman–Crippen MR) is 139 cm³/mol. The Labute approximate surface area is 211 Å². The largest absolute Gasteiger partial charge is 0.457 e. The molecular weight excluding hydrogens is 450 g/mol. The van der Waals surface area contributed by atoms with Crippen LogP contribution in [0.5, 0.6) is 11.5 Å². The van der Waals surface area contributed by atoms with E-state index in [4.69, 9.17) is 10.1 Å². The van der Waals surface area contributed by atoms with Crippen LogP contribution in [0.3, 0.4) is 0 Å². The number of piperidine rings is 1. The van der Waals surface area contributed by atoms with Gasteiger partial charge in [-0.25, -0.2) is 9.97 Å². The molecule has 2 aromatic carbocycles. The number of likely N-dealkylation sites (tertiary alicyclic amines) is 1. The van der Waals surface area contributed by atoms with Gasteiger partial charge in [0.15, 0.2) is 0 Å². The molecule has 7 nitrogen and oxygen atoms in total. The van der Waals surface area contributed by atoms with E-state index in [2.05, 4.69) is 27.1 Å². The Morgan fingerprint density at radius 3 is 2.47 bits per heavy atom. The molecule has 182 valence electrons. The highest BCUT2D eigenvalue weighted by Gasteiger charge is 2.46. The van der Waals surface area contributed by atoms with Crippen LogP contribution >= 0.6 is 0 Å². The fourth-order valence-corrected chi connectivity index (χ4v) is 5.16. The molecule has 1 saturated heterocycles. The molecule has 2 aliphatic rings. The maximum absolute atomic E-state index is 12.0. The van der Waals surface area contributed by atoms with E-state index in [0.717, 1.165) is 55.8 Å². The van der Waals surface area contributed by atoms with Crippen molar-refractivity contribution in [3.8, 4) is 23.3 Å². The number of rotatable bonds is 6. The topological polar surface area (TPSA) is 91.2 Å². The van der Waals surface area contributed by atoms with Crippen molar-refractivity contribution in [2.45, 2.75) is 38.6 Å². The first-order valence-electron chi connectivity index (χ1n) is 12.3.